The zero-order valence-electron chi connectivity index (χ0n) is 11.6. The largest absolute Gasteiger partial charge is 0.459 e. The van der Waals surface area contributed by atoms with Gasteiger partial charge in [0.2, 0.25) is 0 Å². The van der Waals surface area contributed by atoms with Crippen LogP contribution in [0, 0.1) is 0 Å². The molecular weight excluding hydrogens is 276 g/mol. The van der Waals surface area contributed by atoms with Crippen molar-refractivity contribution in [1.82, 2.24) is 10.6 Å². The van der Waals surface area contributed by atoms with E-state index in [1.807, 2.05) is 0 Å². The lowest BCUT2D eigenvalue weighted by atomic mass is 10.2. The van der Waals surface area contributed by atoms with Gasteiger partial charge in [-0.3, -0.25) is 14.4 Å². The monoisotopic (exact) mass is 294 g/mol. The van der Waals surface area contributed by atoms with Crippen LogP contribution in [0.3, 0.4) is 0 Å². The highest BCUT2D eigenvalue weighted by molar-refractivity contribution is 5.93. The molecule has 0 atom stereocenters. The first-order chi connectivity index (χ1) is 10.1. The van der Waals surface area contributed by atoms with Gasteiger partial charge in [-0.2, -0.15) is 0 Å². The summed E-state index contributed by atoms with van der Waals surface area (Å²) < 4.78 is 9.66. The van der Waals surface area contributed by atoms with Gasteiger partial charge >= 0.3 is 5.97 Å². The topological polar surface area (TPSA) is 97.6 Å². The van der Waals surface area contributed by atoms with Crippen molar-refractivity contribution in [3.8, 4) is 0 Å². The van der Waals surface area contributed by atoms with Crippen molar-refractivity contribution in [2.75, 3.05) is 13.2 Å². The number of nitrogens with one attached hydrogen (secondary N) is 2. The summed E-state index contributed by atoms with van der Waals surface area (Å²) in [5.74, 6) is -1.38. The molecule has 2 rings (SSSR count). The van der Waals surface area contributed by atoms with Crippen molar-refractivity contribution >= 4 is 17.8 Å². The van der Waals surface area contributed by atoms with E-state index >= 15 is 0 Å². The predicted octanol–water partition coefficient (Wildman–Crippen LogP) is 0.611. The summed E-state index contributed by atoms with van der Waals surface area (Å²) in [5.41, 5.74) is 0. The number of carbonyl (C=O) groups excluding carboxylic acids is 3. The van der Waals surface area contributed by atoms with E-state index in [4.69, 9.17) is 9.15 Å². The molecule has 1 aliphatic rings. The molecule has 0 unspecified atom stereocenters. The van der Waals surface area contributed by atoms with Gasteiger partial charge in [-0.05, 0) is 25.0 Å². The standard InChI is InChI=1S/C14H18N2O5/c17-12(16-10-4-1-2-5-10)9-21-13(18)8-15-14(19)11-6-3-7-20-11/h3,6-7,10H,1-2,4-5,8-9H2,(H,15,19)(H,16,17). The van der Waals surface area contributed by atoms with Gasteiger partial charge in [0, 0.05) is 6.04 Å². The maximum absolute atomic E-state index is 11.5. The molecule has 7 nitrogen and oxygen atoms in total. The van der Waals surface area contributed by atoms with Crippen molar-refractivity contribution in [2.24, 2.45) is 0 Å². The minimum atomic E-state index is -0.670. The number of ether oxygens (including phenoxy) is 1. The van der Waals surface area contributed by atoms with Crippen molar-refractivity contribution in [1.29, 1.82) is 0 Å². The first kappa shape index (κ1) is 15.1. The molecule has 1 saturated carbocycles. The SMILES string of the molecule is O=C(COC(=O)CNC(=O)c1ccco1)NC1CCCC1. The van der Waals surface area contributed by atoms with E-state index in [1.165, 1.54) is 12.3 Å². The van der Waals surface area contributed by atoms with E-state index in [9.17, 15) is 14.4 Å². The van der Waals surface area contributed by atoms with Crippen molar-refractivity contribution < 1.29 is 23.5 Å². The van der Waals surface area contributed by atoms with E-state index in [0.717, 1.165) is 25.7 Å². The van der Waals surface area contributed by atoms with Gasteiger partial charge < -0.3 is 19.8 Å². The first-order valence-corrected chi connectivity index (χ1v) is 6.92. The maximum atomic E-state index is 11.5. The van der Waals surface area contributed by atoms with Crippen LogP contribution in [0.4, 0.5) is 0 Å². The molecule has 1 fully saturated rings. The fourth-order valence-corrected chi connectivity index (χ4v) is 2.18. The molecule has 0 aromatic carbocycles. The molecule has 1 aromatic heterocycles. The summed E-state index contributed by atoms with van der Waals surface area (Å²) >= 11 is 0. The Balaban J connectivity index is 1.60. The Morgan fingerprint density at radius 3 is 2.71 bits per heavy atom. The molecule has 1 aliphatic carbocycles. The Kier molecular flexibility index (Phi) is 5.36. The van der Waals surface area contributed by atoms with Crippen molar-refractivity contribution in [3.63, 3.8) is 0 Å². The number of furan rings is 1. The van der Waals surface area contributed by atoms with E-state index in [-0.39, 0.29) is 30.9 Å². The van der Waals surface area contributed by atoms with E-state index in [0.29, 0.717) is 0 Å². The van der Waals surface area contributed by atoms with Crippen LogP contribution in [0.15, 0.2) is 22.8 Å². The highest BCUT2D eigenvalue weighted by Crippen LogP contribution is 2.17. The molecule has 0 radical (unpaired) electrons. The van der Waals surface area contributed by atoms with Crippen LogP contribution in [-0.2, 0) is 14.3 Å². The van der Waals surface area contributed by atoms with Gasteiger partial charge in [0.25, 0.3) is 11.8 Å². The second-order valence-electron chi connectivity index (χ2n) is 4.87. The molecule has 1 aromatic rings. The minimum absolute atomic E-state index is 0.113. The molecule has 114 valence electrons. The summed E-state index contributed by atoms with van der Waals surface area (Å²) in [6.07, 6.45) is 5.53. The Morgan fingerprint density at radius 2 is 2.05 bits per heavy atom. The number of rotatable bonds is 6. The quantitative estimate of drug-likeness (QED) is 0.749. The maximum Gasteiger partial charge on any atom is 0.325 e. The third-order valence-corrected chi connectivity index (χ3v) is 3.22. The second kappa shape index (κ2) is 7.47. The van der Waals surface area contributed by atoms with E-state index < -0.39 is 11.9 Å². The predicted molar refractivity (Wildman–Crippen MR) is 72.4 cm³/mol. The van der Waals surface area contributed by atoms with Crippen LogP contribution >= 0.6 is 0 Å². The van der Waals surface area contributed by atoms with Crippen LogP contribution in [0.5, 0.6) is 0 Å². The van der Waals surface area contributed by atoms with Gasteiger partial charge in [-0.25, -0.2) is 0 Å². The number of hydrogen-bond acceptors (Lipinski definition) is 5. The summed E-state index contributed by atoms with van der Waals surface area (Å²) in [4.78, 5) is 34.4. The molecule has 2 N–H and O–H groups in total. The average molecular weight is 294 g/mol. The summed E-state index contributed by atoms with van der Waals surface area (Å²) in [7, 11) is 0. The third-order valence-electron chi connectivity index (χ3n) is 3.22. The zero-order valence-corrected chi connectivity index (χ0v) is 11.6. The average Bonchev–Trinajstić information content (AvgIpc) is 3.15. The number of hydrogen-bond donors (Lipinski definition) is 2. The Bertz CT molecular complexity index is 491. The minimum Gasteiger partial charge on any atom is -0.459 e. The fraction of sp³-hybridized carbons (Fsp3) is 0.500. The van der Waals surface area contributed by atoms with Gasteiger partial charge in [-0.15, -0.1) is 0 Å². The zero-order chi connectivity index (χ0) is 15.1. The van der Waals surface area contributed by atoms with Gasteiger partial charge in [-0.1, -0.05) is 12.8 Å². The normalized spacial score (nSPS) is 14.7. The molecule has 21 heavy (non-hydrogen) atoms. The summed E-state index contributed by atoms with van der Waals surface area (Å²) in [5, 5.41) is 5.15. The Hall–Kier alpha value is -2.31. The Morgan fingerprint density at radius 1 is 1.29 bits per heavy atom. The van der Waals surface area contributed by atoms with Gasteiger partial charge in [0.15, 0.2) is 12.4 Å². The molecule has 0 spiro atoms. The summed E-state index contributed by atoms with van der Waals surface area (Å²) in [6.45, 7) is -0.637. The highest BCUT2D eigenvalue weighted by atomic mass is 16.5. The van der Waals surface area contributed by atoms with Crippen LogP contribution < -0.4 is 10.6 Å². The lowest BCUT2D eigenvalue weighted by molar-refractivity contribution is -0.147. The van der Waals surface area contributed by atoms with Crippen LogP contribution in [0.1, 0.15) is 36.2 Å². The number of amides is 2. The fourth-order valence-electron chi connectivity index (χ4n) is 2.18. The number of esters is 1. The van der Waals surface area contributed by atoms with Crippen LogP contribution in [0.25, 0.3) is 0 Å². The van der Waals surface area contributed by atoms with E-state index in [2.05, 4.69) is 10.6 Å². The lowest BCUT2D eigenvalue weighted by Crippen LogP contribution is -2.37. The van der Waals surface area contributed by atoms with Crippen molar-refractivity contribution in [3.05, 3.63) is 24.2 Å². The lowest BCUT2D eigenvalue weighted by Gasteiger charge is -2.11. The molecule has 2 amide bonds. The smallest absolute Gasteiger partial charge is 0.325 e. The molecule has 0 bridgehead atoms. The molecular formula is C14H18N2O5. The number of carbonyl (C=O) groups is 3. The van der Waals surface area contributed by atoms with Gasteiger partial charge in [0.05, 0.1) is 6.26 Å². The molecule has 0 aliphatic heterocycles. The Labute approximate surface area is 122 Å². The molecule has 7 heteroatoms. The van der Waals surface area contributed by atoms with Crippen LogP contribution in [0.2, 0.25) is 0 Å². The van der Waals surface area contributed by atoms with Crippen LogP contribution in [-0.4, -0.2) is 37.0 Å². The van der Waals surface area contributed by atoms with E-state index in [1.54, 1.807) is 6.07 Å². The first-order valence-electron chi connectivity index (χ1n) is 6.92. The summed E-state index contributed by atoms with van der Waals surface area (Å²) in [6, 6.07) is 3.24. The molecule has 0 saturated heterocycles. The third kappa shape index (κ3) is 4.94. The highest BCUT2D eigenvalue weighted by Gasteiger charge is 2.18. The second-order valence-corrected chi connectivity index (χ2v) is 4.87. The molecule has 1 heterocycles. The van der Waals surface area contributed by atoms with Crippen molar-refractivity contribution in [2.45, 2.75) is 31.7 Å². The van der Waals surface area contributed by atoms with Gasteiger partial charge in [0.1, 0.15) is 6.54 Å².